The molecule has 8 heteroatoms. The maximum atomic E-state index is 12.5. The molecule has 0 aliphatic heterocycles. The number of hydrogen-bond acceptors (Lipinski definition) is 5. The van der Waals surface area contributed by atoms with Gasteiger partial charge in [0.25, 0.3) is 0 Å². The minimum atomic E-state index is -0.507. The van der Waals surface area contributed by atoms with Crippen LogP contribution in [0.5, 0.6) is 0 Å². The van der Waals surface area contributed by atoms with E-state index in [4.69, 9.17) is 9.84 Å². The number of amides is 2. The van der Waals surface area contributed by atoms with Crippen molar-refractivity contribution < 1.29 is 14.3 Å². The number of carbonyl (C=O) groups is 2. The highest BCUT2D eigenvalue weighted by molar-refractivity contribution is 7.13. The number of carbonyl (C=O) groups excluding carboxylic acids is 2. The Morgan fingerprint density at radius 3 is 2.69 bits per heavy atom. The monoisotopic (exact) mass is 412 g/mol. The highest BCUT2D eigenvalue weighted by Gasteiger charge is 2.17. The third kappa shape index (κ3) is 5.45. The molecule has 2 amide bonds. The number of ether oxygens (including phenoxy) is 1. The van der Waals surface area contributed by atoms with E-state index in [1.165, 1.54) is 0 Å². The van der Waals surface area contributed by atoms with Crippen LogP contribution >= 0.6 is 11.3 Å². The van der Waals surface area contributed by atoms with E-state index in [9.17, 15) is 9.59 Å². The van der Waals surface area contributed by atoms with Gasteiger partial charge in [-0.25, -0.2) is 9.48 Å². The molecule has 0 radical (unpaired) electrons. The molecule has 3 rings (SSSR count). The molecule has 2 aromatic heterocycles. The SMILES string of the molecule is CCOC(=O)NCCC(=O)N(C)Cc1cn(-c2ccccc2)nc1-c1cccs1. The van der Waals surface area contributed by atoms with Crippen LogP contribution in [0.25, 0.3) is 16.3 Å². The van der Waals surface area contributed by atoms with Gasteiger partial charge in [-0.2, -0.15) is 5.10 Å². The van der Waals surface area contributed by atoms with E-state index in [0.717, 1.165) is 21.8 Å². The zero-order valence-electron chi connectivity index (χ0n) is 16.5. The lowest BCUT2D eigenvalue weighted by molar-refractivity contribution is -0.130. The smallest absolute Gasteiger partial charge is 0.407 e. The molecule has 3 aromatic rings. The number of aromatic nitrogens is 2. The fraction of sp³-hybridized carbons (Fsp3) is 0.286. The van der Waals surface area contributed by atoms with Crippen LogP contribution < -0.4 is 5.32 Å². The van der Waals surface area contributed by atoms with Gasteiger partial charge in [-0.1, -0.05) is 24.3 Å². The molecule has 152 valence electrons. The van der Waals surface area contributed by atoms with Crippen LogP contribution in [0.1, 0.15) is 18.9 Å². The predicted molar refractivity (Wildman–Crippen MR) is 113 cm³/mol. The lowest BCUT2D eigenvalue weighted by Gasteiger charge is -2.17. The minimum absolute atomic E-state index is 0.0635. The summed E-state index contributed by atoms with van der Waals surface area (Å²) < 4.78 is 6.64. The molecule has 0 aliphatic rings. The van der Waals surface area contributed by atoms with Gasteiger partial charge in [0.05, 0.1) is 17.2 Å². The second-order valence-corrected chi connectivity index (χ2v) is 7.36. The van der Waals surface area contributed by atoms with E-state index in [1.807, 2.05) is 58.7 Å². The van der Waals surface area contributed by atoms with E-state index in [2.05, 4.69) is 5.32 Å². The number of benzene rings is 1. The first kappa shape index (κ1) is 20.6. The molecule has 0 aliphatic carbocycles. The average Bonchev–Trinajstić information content (AvgIpc) is 3.38. The Hall–Kier alpha value is -3.13. The van der Waals surface area contributed by atoms with Crippen molar-refractivity contribution in [1.82, 2.24) is 20.0 Å². The highest BCUT2D eigenvalue weighted by atomic mass is 32.1. The third-order valence-corrected chi connectivity index (χ3v) is 5.16. The maximum absolute atomic E-state index is 12.5. The fourth-order valence-electron chi connectivity index (χ4n) is 2.85. The molecule has 7 nitrogen and oxygen atoms in total. The van der Waals surface area contributed by atoms with Crippen molar-refractivity contribution in [3.63, 3.8) is 0 Å². The van der Waals surface area contributed by atoms with Crippen LogP contribution in [-0.4, -0.2) is 46.9 Å². The molecule has 0 bridgehead atoms. The summed E-state index contributed by atoms with van der Waals surface area (Å²) >= 11 is 1.62. The van der Waals surface area contributed by atoms with E-state index >= 15 is 0 Å². The van der Waals surface area contributed by atoms with Crippen LogP contribution in [0.2, 0.25) is 0 Å². The minimum Gasteiger partial charge on any atom is -0.450 e. The van der Waals surface area contributed by atoms with Gasteiger partial charge < -0.3 is 15.0 Å². The highest BCUT2D eigenvalue weighted by Crippen LogP contribution is 2.28. The number of hydrogen-bond donors (Lipinski definition) is 1. The Labute approximate surface area is 173 Å². The summed E-state index contributed by atoms with van der Waals surface area (Å²) in [5.74, 6) is -0.0635. The van der Waals surface area contributed by atoms with Gasteiger partial charge in [-0.05, 0) is 30.5 Å². The Kier molecular flexibility index (Phi) is 7.02. The van der Waals surface area contributed by atoms with Crippen LogP contribution in [0.15, 0.2) is 54.0 Å². The van der Waals surface area contributed by atoms with Crippen molar-refractivity contribution in [1.29, 1.82) is 0 Å². The lowest BCUT2D eigenvalue weighted by Crippen LogP contribution is -2.32. The summed E-state index contributed by atoms with van der Waals surface area (Å²) in [7, 11) is 1.75. The lowest BCUT2D eigenvalue weighted by atomic mass is 10.2. The van der Waals surface area contributed by atoms with E-state index in [1.54, 1.807) is 30.2 Å². The summed E-state index contributed by atoms with van der Waals surface area (Å²) in [6, 6.07) is 13.9. The molecule has 0 atom stereocenters. The molecular weight excluding hydrogens is 388 g/mol. The topological polar surface area (TPSA) is 76.5 Å². The van der Waals surface area contributed by atoms with Crippen LogP contribution in [0.3, 0.4) is 0 Å². The van der Waals surface area contributed by atoms with Crippen molar-refractivity contribution in [2.75, 3.05) is 20.2 Å². The van der Waals surface area contributed by atoms with Crippen molar-refractivity contribution in [3.8, 4) is 16.3 Å². The Morgan fingerprint density at radius 1 is 1.21 bits per heavy atom. The van der Waals surface area contributed by atoms with E-state index in [0.29, 0.717) is 13.2 Å². The van der Waals surface area contributed by atoms with Crippen molar-refractivity contribution in [2.45, 2.75) is 19.9 Å². The summed E-state index contributed by atoms with van der Waals surface area (Å²) in [5, 5.41) is 9.34. The number of thiophene rings is 1. The van der Waals surface area contributed by atoms with Gasteiger partial charge in [0.2, 0.25) is 5.91 Å². The molecule has 2 heterocycles. The van der Waals surface area contributed by atoms with E-state index in [-0.39, 0.29) is 18.9 Å². The quantitative estimate of drug-likeness (QED) is 0.612. The molecule has 0 fully saturated rings. The van der Waals surface area contributed by atoms with Crippen LogP contribution in [0, 0.1) is 0 Å². The van der Waals surface area contributed by atoms with Gasteiger partial charge in [-0.3, -0.25) is 4.79 Å². The first-order chi connectivity index (χ1) is 14.1. The predicted octanol–water partition coefficient (Wildman–Crippen LogP) is 3.70. The molecule has 1 N–H and O–H groups in total. The summed E-state index contributed by atoms with van der Waals surface area (Å²) in [6.07, 6.45) is 1.66. The van der Waals surface area contributed by atoms with Crippen molar-refractivity contribution >= 4 is 23.3 Å². The Bertz CT molecular complexity index is 938. The van der Waals surface area contributed by atoms with E-state index < -0.39 is 6.09 Å². The van der Waals surface area contributed by atoms with Crippen molar-refractivity contribution in [2.24, 2.45) is 0 Å². The zero-order valence-corrected chi connectivity index (χ0v) is 17.3. The second kappa shape index (κ2) is 9.88. The number of nitrogens with one attached hydrogen (secondary N) is 1. The number of alkyl carbamates (subject to hydrolysis) is 1. The van der Waals surface area contributed by atoms with Gasteiger partial charge >= 0.3 is 6.09 Å². The average molecular weight is 413 g/mol. The Balaban J connectivity index is 1.71. The molecule has 0 saturated carbocycles. The summed E-state index contributed by atoms with van der Waals surface area (Å²) in [6.45, 7) is 2.71. The molecule has 0 saturated heterocycles. The van der Waals surface area contributed by atoms with Crippen LogP contribution in [-0.2, 0) is 16.1 Å². The van der Waals surface area contributed by atoms with Gasteiger partial charge in [0, 0.05) is 38.3 Å². The van der Waals surface area contributed by atoms with Gasteiger partial charge in [0.1, 0.15) is 5.69 Å². The maximum Gasteiger partial charge on any atom is 0.407 e. The first-order valence-corrected chi connectivity index (χ1v) is 10.3. The molecule has 0 unspecified atom stereocenters. The first-order valence-electron chi connectivity index (χ1n) is 9.41. The van der Waals surface area contributed by atoms with Gasteiger partial charge in [-0.15, -0.1) is 11.3 Å². The standard InChI is InChI=1S/C21H24N4O3S/c1-3-28-21(27)22-12-11-19(26)24(2)14-16-15-25(17-8-5-4-6-9-17)23-20(16)18-10-7-13-29-18/h4-10,13,15H,3,11-12,14H2,1-2H3,(H,22,27). The normalized spacial score (nSPS) is 10.6. The molecule has 0 spiro atoms. The van der Waals surface area contributed by atoms with Crippen molar-refractivity contribution in [3.05, 3.63) is 59.6 Å². The summed E-state index contributed by atoms with van der Waals surface area (Å²) in [4.78, 5) is 26.5. The second-order valence-electron chi connectivity index (χ2n) is 6.41. The Morgan fingerprint density at radius 2 is 2.00 bits per heavy atom. The summed E-state index contributed by atoms with van der Waals surface area (Å²) in [5.41, 5.74) is 2.79. The van der Waals surface area contributed by atoms with Gasteiger partial charge in [0.15, 0.2) is 0 Å². The molecular formula is C21H24N4O3S. The van der Waals surface area contributed by atoms with Crippen LogP contribution in [0.4, 0.5) is 4.79 Å². The number of rotatable bonds is 8. The third-order valence-electron chi connectivity index (χ3n) is 4.28. The largest absolute Gasteiger partial charge is 0.450 e. The number of nitrogens with zero attached hydrogens (tertiary/aromatic N) is 3. The number of para-hydroxylation sites is 1. The fourth-order valence-corrected chi connectivity index (χ4v) is 3.59. The molecule has 29 heavy (non-hydrogen) atoms. The zero-order chi connectivity index (χ0) is 20.6. The molecule has 1 aromatic carbocycles.